The van der Waals surface area contributed by atoms with Gasteiger partial charge in [0, 0.05) is 25.7 Å². The molecular weight excluding hydrogens is 478 g/mol. The number of alkyl halides is 3. The van der Waals surface area contributed by atoms with E-state index < -0.39 is 35.1 Å². The normalized spacial score (nSPS) is 18.1. The molecule has 1 saturated heterocycles. The number of nitrogens with zero attached hydrogens (tertiary/aromatic N) is 3. The summed E-state index contributed by atoms with van der Waals surface area (Å²) < 4.78 is 67.1. The molecule has 0 spiro atoms. The Balaban J connectivity index is 1.87. The first-order chi connectivity index (χ1) is 13.7. The number of carbonyl (C=O) groups is 1. The predicted molar refractivity (Wildman–Crippen MR) is 103 cm³/mol. The largest absolute Gasteiger partial charge is 0.573 e. The molecule has 1 fully saturated rings. The molecule has 7 nitrogen and oxygen atoms in total. The molecule has 166 valence electrons. The number of fused-ring (bicyclic) bond motifs is 1. The lowest BCUT2D eigenvalue weighted by Gasteiger charge is -2.39. The zero-order valence-electron chi connectivity index (χ0n) is 16.6. The number of carbonyl (C=O) groups excluding carboxylic acids is 1. The van der Waals surface area contributed by atoms with Crippen molar-refractivity contribution < 1.29 is 36.2 Å². The van der Waals surface area contributed by atoms with Gasteiger partial charge in [-0.15, -0.1) is 13.2 Å². The number of anilines is 1. The summed E-state index contributed by atoms with van der Waals surface area (Å²) in [6.45, 7) is 7.97. The molecule has 1 atom stereocenters. The van der Waals surface area contributed by atoms with Gasteiger partial charge in [-0.2, -0.15) is 4.98 Å². The average molecular weight is 498 g/mol. The van der Waals surface area contributed by atoms with E-state index >= 15 is 0 Å². The van der Waals surface area contributed by atoms with Crippen LogP contribution in [0.25, 0.3) is 11.1 Å². The van der Waals surface area contributed by atoms with E-state index in [0.717, 1.165) is 6.07 Å². The van der Waals surface area contributed by atoms with Gasteiger partial charge in [0.1, 0.15) is 5.60 Å². The molecule has 30 heavy (non-hydrogen) atoms. The van der Waals surface area contributed by atoms with Gasteiger partial charge in [-0.05, 0) is 49.7 Å². The van der Waals surface area contributed by atoms with Gasteiger partial charge in [0.15, 0.2) is 22.7 Å². The zero-order valence-corrected chi connectivity index (χ0v) is 18.2. The van der Waals surface area contributed by atoms with Crippen LogP contribution in [0.2, 0.25) is 0 Å². The Morgan fingerprint density at radius 1 is 1.30 bits per heavy atom. The van der Waals surface area contributed by atoms with Crippen molar-refractivity contribution >= 4 is 39.1 Å². The predicted octanol–water partition coefficient (Wildman–Crippen LogP) is 5.07. The van der Waals surface area contributed by atoms with E-state index in [0.29, 0.717) is 13.1 Å². The summed E-state index contributed by atoms with van der Waals surface area (Å²) >= 11 is 3.07. The first-order valence-corrected chi connectivity index (χ1v) is 9.83. The van der Waals surface area contributed by atoms with Crippen molar-refractivity contribution in [3.05, 3.63) is 16.4 Å². The van der Waals surface area contributed by atoms with Gasteiger partial charge < -0.3 is 23.7 Å². The van der Waals surface area contributed by atoms with Crippen LogP contribution in [-0.2, 0) is 4.74 Å². The van der Waals surface area contributed by atoms with Crippen molar-refractivity contribution in [2.24, 2.45) is 0 Å². The van der Waals surface area contributed by atoms with Gasteiger partial charge >= 0.3 is 12.5 Å². The lowest BCUT2D eigenvalue weighted by molar-refractivity contribution is -0.275. The SMILES string of the molecule is C[C@H]1CN(C(=O)OC(C)(C)C)CCN1c1nc2c(OC(F)(F)F)c(F)cc(Br)c2o1. The summed E-state index contributed by atoms with van der Waals surface area (Å²) in [6, 6.07) is 0.539. The summed E-state index contributed by atoms with van der Waals surface area (Å²) in [7, 11) is 0. The molecule has 0 radical (unpaired) electrons. The first-order valence-electron chi connectivity index (χ1n) is 9.04. The number of benzene rings is 1. The van der Waals surface area contributed by atoms with E-state index in [1.54, 1.807) is 32.6 Å². The molecule has 0 N–H and O–H groups in total. The van der Waals surface area contributed by atoms with Crippen molar-refractivity contribution in [1.29, 1.82) is 0 Å². The molecule has 1 aromatic heterocycles. The monoisotopic (exact) mass is 497 g/mol. The highest BCUT2D eigenvalue weighted by atomic mass is 79.9. The molecule has 1 aromatic carbocycles. The number of halogens is 5. The molecular formula is C18H20BrF4N3O4. The van der Waals surface area contributed by atoms with Gasteiger partial charge in [0.05, 0.1) is 4.47 Å². The van der Waals surface area contributed by atoms with Crippen LogP contribution in [0, 0.1) is 5.82 Å². The molecule has 0 bridgehead atoms. The number of hydrogen-bond donors (Lipinski definition) is 0. The Bertz CT molecular complexity index is 958. The van der Waals surface area contributed by atoms with Gasteiger partial charge in [-0.25, -0.2) is 9.18 Å². The minimum absolute atomic E-state index is 0.000312. The first kappa shape index (κ1) is 22.4. The van der Waals surface area contributed by atoms with Gasteiger partial charge in [0.25, 0.3) is 6.01 Å². The molecule has 0 saturated carbocycles. The Labute approximate surface area is 178 Å². The molecule has 1 aliphatic rings. The Hall–Kier alpha value is -2.24. The minimum atomic E-state index is -5.09. The number of hydrogen-bond acceptors (Lipinski definition) is 6. The van der Waals surface area contributed by atoms with Gasteiger partial charge in [0.2, 0.25) is 0 Å². The summed E-state index contributed by atoms with van der Waals surface area (Å²) in [5, 5.41) is 0. The van der Waals surface area contributed by atoms with E-state index in [2.05, 4.69) is 25.7 Å². The fourth-order valence-electron chi connectivity index (χ4n) is 3.05. The molecule has 1 amide bonds. The van der Waals surface area contributed by atoms with E-state index in [9.17, 15) is 22.4 Å². The van der Waals surface area contributed by atoms with E-state index in [4.69, 9.17) is 9.15 Å². The summed E-state index contributed by atoms with van der Waals surface area (Å²) in [6.07, 6.45) is -5.55. The van der Waals surface area contributed by atoms with Crippen molar-refractivity contribution in [2.45, 2.75) is 45.7 Å². The highest BCUT2D eigenvalue weighted by Gasteiger charge is 2.36. The molecule has 3 rings (SSSR count). The number of ether oxygens (including phenoxy) is 2. The minimum Gasteiger partial charge on any atom is -0.444 e. The number of rotatable bonds is 2. The maximum atomic E-state index is 14.1. The van der Waals surface area contributed by atoms with Crippen molar-refractivity contribution in [3.63, 3.8) is 0 Å². The topological polar surface area (TPSA) is 68.0 Å². The quantitative estimate of drug-likeness (QED) is 0.539. The molecule has 0 aliphatic carbocycles. The van der Waals surface area contributed by atoms with Crippen LogP contribution in [0.3, 0.4) is 0 Å². The summed E-state index contributed by atoms with van der Waals surface area (Å²) in [4.78, 5) is 19.5. The van der Waals surface area contributed by atoms with Crippen LogP contribution in [0.15, 0.2) is 15.0 Å². The lowest BCUT2D eigenvalue weighted by Crippen LogP contribution is -2.54. The number of amides is 1. The Morgan fingerprint density at radius 3 is 2.53 bits per heavy atom. The Morgan fingerprint density at radius 2 is 1.97 bits per heavy atom. The van der Waals surface area contributed by atoms with Gasteiger partial charge in [-0.1, -0.05) is 0 Å². The van der Waals surface area contributed by atoms with Crippen LogP contribution < -0.4 is 9.64 Å². The molecule has 12 heteroatoms. The molecule has 0 unspecified atom stereocenters. The third kappa shape index (κ3) is 4.90. The molecule has 2 heterocycles. The van der Waals surface area contributed by atoms with E-state index in [-0.39, 0.29) is 28.7 Å². The number of oxazole rings is 1. The fraction of sp³-hybridized carbons (Fsp3) is 0.556. The van der Waals surface area contributed by atoms with Crippen LogP contribution in [-0.4, -0.2) is 53.6 Å². The molecule has 2 aromatic rings. The smallest absolute Gasteiger partial charge is 0.444 e. The van der Waals surface area contributed by atoms with Crippen LogP contribution in [0.1, 0.15) is 27.7 Å². The van der Waals surface area contributed by atoms with E-state index in [1.807, 2.05) is 0 Å². The fourth-order valence-corrected chi connectivity index (χ4v) is 3.52. The second-order valence-corrected chi connectivity index (χ2v) is 8.71. The van der Waals surface area contributed by atoms with Crippen molar-refractivity contribution in [1.82, 2.24) is 9.88 Å². The average Bonchev–Trinajstić information content (AvgIpc) is 3.01. The van der Waals surface area contributed by atoms with Gasteiger partial charge in [-0.3, -0.25) is 0 Å². The maximum Gasteiger partial charge on any atom is 0.573 e. The third-order valence-electron chi connectivity index (χ3n) is 4.26. The maximum absolute atomic E-state index is 14.1. The van der Waals surface area contributed by atoms with Crippen LogP contribution in [0.5, 0.6) is 5.75 Å². The van der Waals surface area contributed by atoms with Crippen LogP contribution >= 0.6 is 15.9 Å². The summed E-state index contributed by atoms with van der Waals surface area (Å²) in [5.41, 5.74) is -1.11. The van der Waals surface area contributed by atoms with E-state index in [1.165, 1.54) is 4.90 Å². The summed E-state index contributed by atoms with van der Waals surface area (Å²) in [5.74, 6) is -2.29. The number of aromatic nitrogens is 1. The van der Waals surface area contributed by atoms with Crippen molar-refractivity contribution in [2.75, 3.05) is 24.5 Å². The van der Waals surface area contributed by atoms with Crippen LogP contribution in [0.4, 0.5) is 28.4 Å². The lowest BCUT2D eigenvalue weighted by atomic mass is 10.2. The highest BCUT2D eigenvalue weighted by molar-refractivity contribution is 9.10. The zero-order chi connectivity index (χ0) is 22.4. The standard InChI is InChI=1S/C18H20BrF4N3O4/c1-9-8-25(16(27)30-17(2,3)4)5-6-26(9)15-24-12-13(28-15)10(19)7-11(20)14(12)29-18(21,22)23/h7,9H,5-6,8H2,1-4H3/t9-/m0/s1. The number of piperazine rings is 1. The Kier molecular flexibility index (Phi) is 5.82. The third-order valence-corrected chi connectivity index (χ3v) is 4.85. The highest BCUT2D eigenvalue weighted by Crippen LogP contribution is 2.39. The van der Waals surface area contributed by atoms with Crippen molar-refractivity contribution in [3.8, 4) is 5.75 Å². The second kappa shape index (κ2) is 7.78. The second-order valence-electron chi connectivity index (χ2n) is 7.86. The molecule has 1 aliphatic heterocycles.